The van der Waals surface area contributed by atoms with E-state index in [1.54, 1.807) is 0 Å². The Balaban J connectivity index is 2.11. The highest BCUT2D eigenvalue weighted by atomic mass is 32.2. The van der Waals surface area contributed by atoms with E-state index in [1.807, 2.05) is 19.1 Å². The summed E-state index contributed by atoms with van der Waals surface area (Å²) in [5, 5.41) is 0.0947. The highest BCUT2D eigenvalue weighted by Gasteiger charge is 2.30. The summed E-state index contributed by atoms with van der Waals surface area (Å²) in [5.41, 5.74) is 7.08. The van der Waals surface area contributed by atoms with Gasteiger partial charge in [-0.15, -0.1) is 0 Å². The second-order valence-electron chi connectivity index (χ2n) is 4.84. The largest absolute Gasteiger partial charge is 0.490 e. The van der Waals surface area contributed by atoms with Gasteiger partial charge in [0.2, 0.25) is 0 Å². The minimum Gasteiger partial charge on any atom is -0.490 e. The lowest BCUT2D eigenvalue weighted by molar-refractivity contribution is 0.296. The Morgan fingerprint density at radius 3 is 2.67 bits per heavy atom. The van der Waals surface area contributed by atoms with E-state index in [-0.39, 0.29) is 11.3 Å². The first-order valence-corrected chi connectivity index (χ1v) is 7.48. The maximum Gasteiger partial charge on any atom is 0.162 e. The minimum atomic E-state index is -1.000. The molecule has 3 rings (SSSR count). The van der Waals surface area contributed by atoms with Crippen LogP contribution in [0.5, 0.6) is 11.5 Å². The van der Waals surface area contributed by atoms with E-state index in [0.717, 1.165) is 29.1 Å². The van der Waals surface area contributed by atoms with E-state index in [9.17, 15) is 4.21 Å². The minimum absolute atomic E-state index is 0.0650. The van der Waals surface area contributed by atoms with Crippen molar-refractivity contribution in [3.63, 3.8) is 0 Å². The van der Waals surface area contributed by atoms with Crippen LogP contribution in [0.3, 0.4) is 0 Å². The molecule has 5 heteroatoms. The highest BCUT2D eigenvalue weighted by Crippen LogP contribution is 2.40. The maximum absolute atomic E-state index is 12.3. The molecule has 0 saturated heterocycles. The molecule has 0 aliphatic carbocycles. The summed E-state index contributed by atoms with van der Waals surface area (Å²) in [6, 6.07) is 3.69. The fourth-order valence-electron chi connectivity index (χ4n) is 2.46. The smallest absolute Gasteiger partial charge is 0.162 e. The van der Waals surface area contributed by atoms with Crippen LogP contribution in [0.1, 0.15) is 31.4 Å². The summed E-state index contributed by atoms with van der Waals surface area (Å²) < 4.78 is 23.6. The Morgan fingerprint density at radius 2 is 1.94 bits per heavy atom. The van der Waals surface area contributed by atoms with Gasteiger partial charge in [0.1, 0.15) is 0 Å². The third-order valence-electron chi connectivity index (χ3n) is 3.45. The SMILES string of the molecule is CC1CC(N)c2cc3c(cc2S1=O)OCCCO3. The van der Waals surface area contributed by atoms with Crippen molar-refractivity contribution in [3.8, 4) is 11.5 Å². The molecule has 0 saturated carbocycles. The first kappa shape index (κ1) is 12.0. The lowest BCUT2D eigenvalue weighted by Crippen LogP contribution is -2.27. The fraction of sp³-hybridized carbons (Fsp3) is 0.538. The number of hydrogen-bond acceptors (Lipinski definition) is 4. The van der Waals surface area contributed by atoms with Gasteiger partial charge in [-0.05, 0) is 18.1 Å². The molecule has 2 aliphatic rings. The third kappa shape index (κ3) is 1.91. The second-order valence-corrected chi connectivity index (χ2v) is 6.68. The van der Waals surface area contributed by atoms with Gasteiger partial charge in [0.15, 0.2) is 11.5 Å². The molecule has 98 valence electrons. The summed E-state index contributed by atoms with van der Waals surface area (Å²) in [5.74, 6) is 1.43. The maximum atomic E-state index is 12.3. The lowest BCUT2D eigenvalue weighted by Gasteiger charge is -2.27. The van der Waals surface area contributed by atoms with Gasteiger partial charge < -0.3 is 15.2 Å². The zero-order chi connectivity index (χ0) is 12.7. The standard InChI is InChI=1S/C13H17NO3S/c1-8-5-10(14)9-6-11-12(7-13(9)18(8)15)17-4-2-3-16-11/h6-8,10H,2-5,14H2,1H3. The molecule has 2 N–H and O–H groups in total. The van der Waals surface area contributed by atoms with Crippen molar-refractivity contribution in [2.45, 2.75) is 36.0 Å². The summed E-state index contributed by atoms with van der Waals surface area (Å²) in [7, 11) is -1.000. The molecular formula is C13H17NO3S. The Hall–Kier alpha value is -1.07. The topological polar surface area (TPSA) is 61.6 Å². The number of rotatable bonds is 0. The van der Waals surface area contributed by atoms with Crippen molar-refractivity contribution in [3.05, 3.63) is 17.7 Å². The van der Waals surface area contributed by atoms with Crippen LogP contribution in [0.15, 0.2) is 17.0 Å². The van der Waals surface area contributed by atoms with Gasteiger partial charge in [-0.2, -0.15) is 0 Å². The molecule has 0 radical (unpaired) electrons. The number of hydrogen-bond donors (Lipinski definition) is 1. The van der Waals surface area contributed by atoms with Crippen molar-refractivity contribution in [1.82, 2.24) is 0 Å². The fourth-order valence-corrected chi connectivity index (χ4v) is 3.94. The van der Waals surface area contributed by atoms with Crippen LogP contribution in [0.25, 0.3) is 0 Å². The Morgan fingerprint density at radius 1 is 1.28 bits per heavy atom. The Kier molecular flexibility index (Phi) is 3.03. The highest BCUT2D eigenvalue weighted by molar-refractivity contribution is 7.85. The van der Waals surface area contributed by atoms with Crippen molar-refractivity contribution in [2.75, 3.05) is 13.2 Å². The van der Waals surface area contributed by atoms with Crippen LogP contribution >= 0.6 is 0 Å². The van der Waals surface area contributed by atoms with Crippen LogP contribution in [0.4, 0.5) is 0 Å². The van der Waals surface area contributed by atoms with Crippen LogP contribution in [-0.2, 0) is 10.8 Å². The van der Waals surface area contributed by atoms with Crippen molar-refractivity contribution < 1.29 is 13.7 Å². The molecule has 1 aromatic carbocycles. The van der Waals surface area contributed by atoms with Gasteiger partial charge in [-0.25, -0.2) is 0 Å². The molecule has 3 atom stereocenters. The van der Waals surface area contributed by atoms with E-state index >= 15 is 0 Å². The molecule has 2 aliphatic heterocycles. The Bertz CT molecular complexity index is 503. The Labute approximate surface area is 109 Å². The predicted octanol–water partition coefficient (Wildman–Crippen LogP) is 1.75. The van der Waals surface area contributed by atoms with Gasteiger partial charge in [0, 0.05) is 28.7 Å². The summed E-state index contributed by atoms with van der Waals surface area (Å²) in [4.78, 5) is 0.811. The number of benzene rings is 1. The molecule has 18 heavy (non-hydrogen) atoms. The number of fused-ring (bicyclic) bond motifs is 2. The first-order valence-electron chi connectivity index (χ1n) is 6.26. The zero-order valence-electron chi connectivity index (χ0n) is 10.3. The van der Waals surface area contributed by atoms with Crippen molar-refractivity contribution in [2.24, 2.45) is 5.73 Å². The van der Waals surface area contributed by atoms with Crippen molar-refractivity contribution >= 4 is 10.8 Å². The van der Waals surface area contributed by atoms with E-state index in [1.165, 1.54) is 0 Å². The van der Waals surface area contributed by atoms with Crippen LogP contribution in [-0.4, -0.2) is 22.7 Å². The van der Waals surface area contributed by atoms with E-state index in [2.05, 4.69) is 0 Å². The number of ether oxygens (including phenoxy) is 2. The van der Waals surface area contributed by atoms with Gasteiger partial charge >= 0.3 is 0 Å². The molecule has 2 heterocycles. The molecular weight excluding hydrogens is 250 g/mol. The molecule has 0 bridgehead atoms. The molecule has 1 aromatic rings. The zero-order valence-corrected chi connectivity index (χ0v) is 11.2. The molecule has 0 aromatic heterocycles. The quantitative estimate of drug-likeness (QED) is 0.778. The van der Waals surface area contributed by atoms with E-state index in [0.29, 0.717) is 19.0 Å². The second kappa shape index (κ2) is 4.55. The molecule has 3 unspecified atom stereocenters. The van der Waals surface area contributed by atoms with Crippen LogP contribution in [0, 0.1) is 0 Å². The van der Waals surface area contributed by atoms with Gasteiger partial charge in [0.25, 0.3) is 0 Å². The number of nitrogens with two attached hydrogens (primary N) is 1. The van der Waals surface area contributed by atoms with Gasteiger partial charge in [-0.3, -0.25) is 4.21 Å². The average molecular weight is 267 g/mol. The van der Waals surface area contributed by atoms with E-state index < -0.39 is 10.8 Å². The van der Waals surface area contributed by atoms with Gasteiger partial charge in [-0.1, -0.05) is 6.92 Å². The molecule has 4 nitrogen and oxygen atoms in total. The molecule has 0 spiro atoms. The van der Waals surface area contributed by atoms with E-state index in [4.69, 9.17) is 15.2 Å². The lowest BCUT2D eigenvalue weighted by atomic mass is 10.0. The summed E-state index contributed by atoms with van der Waals surface area (Å²) in [6.45, 7) is 3.27. The monoisotopic (exact) mass is 267 g/mol. The third-order valence-corrected chi connectivity index (χ3v) is 5.16. The van der Waals surface area contributed by atoms with Crippen LogP contribution in [0.2, 0.25) is 0 Å². The average Bonchev–Trinajstić information content (AvgIpc) is 2.59. The van der Waals surface area contributed by atoms with Crippen LogP contribution < -0.4 is 15.2 Å². The van der Waals surface area contributed by atoms with Gasteiger partial charge in [0.05, 0.1) is 24.0 Å². The molecule has 0 amide bonds. The predicted molar refractivity (Wildman–Crippen MR) is 69.5 cm³/mol. The van der Waals surface area contributed by atoms with Crippen molar-refractivity contribution in [1.29, 1.82) is 0 Å². The summed E-state index contributed by atoms with van der Waals surface area (Å²) >= 11 is 0. The first-order chi connectivity index (χ1) is 8.66. The normalized spacial score (nSPS) is 30.4. The summed E-state index contributed by atoms with van der Waals surface area (Å²) in [6.07, 6.45) is 1.62. The molecule has 0 fully saturated rings.